The Bertz CT molecular complexity index is 433. The van der Waals surface area contributed by atoms with E-state index in [9.17, 15) is 4.79 Å². The van der Waals surface area contributed by atoms with Crippen molar-refractivity contribution in [2.24, 2.45) is 0 Å². The van der Waals surface area contributed by atoms with Crippen molar-refractivity contribution < 1.29 is 14.3 Å². The molecule has 1 aliphatic heterocycles. The van der Waals surface area contributed by atoms with Gasteiger partial charge in [0.2, 0.25) is 0 Å². The Morgan fingerprint density at radius 3 is 2.68 bits per heavy atom. The second-order valence-electron chi connectivity index (χ2n) is 5.22. The molecule has 1 saturated heterocycles. The first-order valence-electron chi connectivity index (χ1n) is 6.96. The van der Waals surface area contributed by atoms with Gasteiger partial charge >= 0.3 is 0 Å². The van der Waals surface area contributed by atoms with Crippen LogP contribution in [0.3, 0.4) is 0 Å². The molecule has 1 saturated carbocycles. The molecule has 0 unspecified atom stereocenters. The Morgan fingerprint density at radius 1 is 1.26 bits per heavy atom. The van der Waals surface area contributed by atoms with E-state index in [4.69, 9.17) is 9.47 Å². The number of hydrogen-bond donors (Lipinski definition) is 1. The third-order valence-corrected chi connectivity index (χ3v) is 3.49. The smallest absolute Gasteiger partial charge is 0.251 e. The van der Waals surface area contributed by atoms with Crippen molar-refractivity contribution in [2.75, 3.05) is 13.2 Å². The van der Waals surface area contributed by atoms with Crippen LogP contribution < -0.4 is 10.1 Å². The number of ether oxygens (including phenoxy) is 2. The van der Waals surface area contributed by atoms with E-state index in [0.29, 0.717) is 18.2 Å². The zero-order valence-electron chi connectivity index (χ0n) is 10.9. The lowest BCUT2D eigenvalue weighted by atomic mass is 10.2. The summed E-state index contributed by atoms with van der Waals surface area (Å²) in [6, 6.07) is 7.70. The van der Waals surface area contributed by atoms with Crippen LogP contribution in [-0.4, -0.2) is 31.3 Å². The van der Waals surface area contributed by atoms with Gasteiger partial charge in [-0.25, -0.2) is 0 Å². The first kappa shape index (κ1) is 12.5. The number of rotatable bonds is 5. The highest BCUT2D eigenvalue weighted by Crippen LogP contribution is 2.20. The molecule has 0 aromatic heterocycles. The Hall–Kier alpha value is -1.55. The van der Waals surface area contributed by atoms with E-state index in [1.165, 1.54) is 0 Å². The van der Waals surface area contributed by atoms with Crippen LogP contribution in [0.4, 0.5) is 0 Å². The third-order valence-electron chi connectivity index (χ3n) is 3.49. The zero-order valence-corrected chi connectivity index (χ0v) is 10.9. The van der Waals surface area contributed by atoms with Crippen molar-refractivity contribution in [2.45, 2.75) is 37.8 Å². The van der Waals surface area contributed by atoms with E-state index in [-0.39, 0.29) is 12.0 Å². The van der Waals surface area contributed by atoms with E-state index >= 15 is 0 Å². The number of carbonyl (C=O) groups excluding carboxylic acids is 1. The molecule has 1 aliphatic carbocycles. The maximum absolute atomic E-state index is 11.8. The van der Waals surface area contributed by atoms with E-state index in [0.717, 1.165) is 38.0 Å². The van der Waals surface area contributed by atoms with Crippen LogP contribution in [0.2, 0.25) is 0 Å². The Balaban J connectivity index is 1.51. The fourth-order valence-corrected chi connectivity index (χ4v) is 2.16. The van der Waals surface area contributed by atoms with Gasteiger partial charge in [-0.1, -0.05) is 0 Å². The highest BCUT2D eigenvalue weighted by Gasteiger charge is 2.23. The summed E-state index contributed by atoms with van der Waals surface area (Å²) in [6.07, 6.45) is 4.62. The van der Waals surface area contributed by atoms with Crippen molar-refractivity contribution in [1.29, 1.82) is 0 Å². The normalized spacial score (nSPS) is 22.2. The maximum atomic E-state index is 11.8. The highest BCUT2D eigenvalue weighted by atomic mass is 16.5. The molecule has 0 radical (unpaired) electrons. The number of nitrogens with one attached hydrogen (secondary N) is 1. The fourth-order valence-electron chi connectivity index (χ4n) is 2.16. The summed E-state index contributed by atoms with van der Waals surface area (Å²) in [5.74, 6) is 0.798. The lowest BCUT2D eigenvalue weighted by Gasteiger charge is -2.11. The van der Waals surface area contributed by atoms with Gasteiger partial charge in [0, 0.05) is 18.2 Å². The molecular weight excluding hydrogens is 242 g/mol. The first-order valence-corrected chi connectivity index (χ1v) is 6.96. The van der Waals surface area contributed by atoms with Crippen LogP contribution in [-0.2, 0) is 4.74 Å². The zero-order chi connectivity index (χ0) is 13.1. The average molecular weight is 261 g/mol. The van der Waals surface area contributed by atoms with E-state index < -0.39 is 0 Å². The minimum atomic E-state index is 0.00757. The van der Waals surface area contributed by atoms with Crippen molar-refractivity contribution in [3.8, 4) is 5.75 Å². The van der Waals surface area contributed by atoms with Crippen LogP contribution in [0, 0.1) is 0 Å². The van der Waals surface area contributed by atoms with Crippen molar-refractivity contribution in [1.82, 2.24) is 5.32 Å². The minimum Gasteiger partial charge on any atom is -0.491 e. The standard InChI is InChI=1S/C15H19NO3/c17-15(16-12-5-6-12)11-3-7-13(8-4-11)19-10-14-2-1-9-18-14/h3-4,7-8,12,14H,1-2,5-6,9-10H2,(H,16,17)/t14-/m0/s1. The summed E-state index contributed by atoms with van der Waals surface area (Å²) >= 11 is 0. The molecule has 2 aliphatic rings. The number of hydrogen-bond acceptors (Lipinski definition) is 3. The monoisotopic (exact) mass is 261 g/mol. The largest absolute Gasteiger partial charge is 0.491 e. The second-order valence-corrected chi connectivity index (χ2v) is 5.22. The molecule has 2 fully saturated rings. The highest BCUT2D eigenvalue weighted by molar-refractivity contribution is 5.94. The predicted molar refractivity (Wildman–Crippen MR) is 71.4 cm³/mol. The molecule has 0 spiro atoms. The molecule has 1 heterocycles. The van der Waals surface area contributed by atoms with Crippen molar-refractivity contribution in [3.63, 3.8) is 0 Å². The molecule has 3 rings (SSSR count). The van der Waals surface area contributed by atoms with Crippen molar-refractivity contribution in [3.05, 3.63) is 29.8 Å². The molecular formula is C15H19NO3. The van der Waals surface area contributed by atoms with Gasteiger partial charge in [0.1, 0.15) is 12.4 Å². The van der Waals surface area contributed by atoms with Crippen LogP contribution in [0.25, 0.3) is 0 Å². The molecule has 4 nitrogen and oxygen atoms in total. The van der Waals surface area contributed by atoms with E-state index in [2.05, 4.69) is 5.32 Å². The van der Waals surface area contributed by atoms with Crippen LogP contribution >= 0.6 is 0 Å². The summed E-state index contributed by atoms with van der Waals surface area (Å²) in [5, 5.41) is 2.97. The van der Waals surface area contributed by atoms with Gasteiger partial charge in [0.25, 0.3) is 5.91 Å². The molecule has 1 amide bonds. The summed E-state index contributed by atoms with van der Waals surface area (Å²) < 4.78 is 11.2. The van der Waals surface area contributed by atoms with Gasteiger partial charge in [-0.3, -0.25) is 4.79 Å². The van der Waals surface area contributed by atoms with E-state index in [1.54, 1.807) is 0 Å². The third kappa shape index (κ3) is 3.47. The minimum absolute atomic E-state index is 0.00757. The molecule has 1 aromatic rings. The van der Waals surface area contributed by atoms with Crippen molar-refractivity contribution >= 4 is 5.91 Å². The predicted octanol–water partition coefficient (Wildman–Crippen LogP) is 2.14. The fraction of sp³-hybridized carbons (Fsp3) is 0.533. The Labute approximate surface area is 113 Å². The lowest BCUT2D eigenvalue weighted by molar-refractivity contribution is 0.0679. The summed E-state index contributed by atoms with van der Waals surface area (Å²) in [5.41, 5.74) is 0.691. The molecule has 1 atom stereocenters. The SMILES string of the molecule is O=C(NC1CC1)c1ccc(OC[C@@H]2CCCO2)cc1. The maximum Gasteiger partial charge on any atom is 0.251 e. The van der Waals surface area contributed by atoms with Gasteiger partial charge in [0.15, 0.2) is 0 Å². The quantitative estimate of drug-likeness (QED) is 0.883. The van der Waals surface area contributed by atoms with Crippen LogP contribution in [0.5, 0.6) is 5.75 Å². The lowest BCUT2D eigenvalue weighted by Crippen LogP contribution is -2.25. The molecule has 1 aromatic carbocycles. The first-order chi connectivity index (χ1) is 9.31. The van der Waals surface area contributed by atoms with Crippen LogP contribution in [0.15, 0.2) is 24.3 Å². The molecule has 0 bridgehead atoms. The summed E-state index contributed by atoms with van der Waals surface area (Å²) in [7, 11) is 0. The Morgan fingerprint density at radius 2 is 2.05 bits per heavy atom. The van der Waals surface area contributed by atoms with Crippen LogP contribution in [0.1, 0.15) is 36.0 Å². The van der Waals surface area contributed by atoms with Gasteiger partial charge in [-0.15, -0.1) is 0 Å². The summed E-state index contributed by atoms with van der Waals surface area (Å²) in [6.45, 7) is 1.43. The van der Waals surface area contributed by atoms with Gasteiger partial charge in [-0.05, 0) is 49.9 Å². The molecule has 1 N–H and O–H groups in total. The summed E-state index contributed by atoms with van der Waals surface area (Å²) in [4.78, 5) is 11.8. The van der Waals surface area contributed by atoms with Gasteiger partial charge < -0.3 is 14.8 Å². The number of carbonyl (C=O) groups is 1. The van der Waals surface area contributed by atoms with E-state index in [1.807, 2.05) is 24.3 Å². The topological polar surface area (TPSA) is 47.6 Å². The molecule has 19 heavy (non-hydrogen) atoms. The van der Waals surface area contributed by atoms with Gasteiger partial charge in [-0.2, -0.15) is 0 Å². The molecule has 4 heteroatoms. The molecule has 102 valence electrons. The Kier molecular flexibility index (Phi) is 3.69. The van der Waals surface area contributed by atoms with Gasteiger partial charge in [0.05, 0.1) is 6.10 Å². The number of amides is 1. The number of benzene rings is 1. The average Bonchev–Trinajstić information content (AvgIpc) is 3.09. The second kappa shape index (κ2) is 5.61.